The highest BCUT2D eigenvalue weighted by Gasteiger charge is 2.54. The molecule has 0 aliphatic heterocycles. The van der Waals surface area contributed by atoms with Crippen LogP contribution in [0.1, 0.15) is 181 Å². The number of carboxylic acids is 1. The van der Waals surface area contributed by atoms with Gasteiger partial charge in [0.2, 0.25) is 0 Å². The molecule has 0 radical (unpaired) electrons. The number of carbonyl (C=O) groups excluding carboxylic acids is 1. The highest BCUT2D eigenvalue weighted by Crippen LogP contribution is 2.55. The standard InChI is InChI=1S/2C31H43NO3/c1-29(2,3)25-8-11-26(12-9-25)35-27-10-7-23-19-22(5-6-24(23)20-27)21-32-31-16-13-30(14-17-31,15-18-31)28(33)34-4;1-29(2,3)25-8-11-26(12-9-25)35-27-10-7-23-19-22(5-6-24(23)20-27)21-32(4)31-16-13-30(14-17-31,15-18-31)28(33)34/h5-7,10,19-20,25-26,32H,8-9,11-18,21H2,1-4H3;5-7,10,19-20,25-26H,8-9,11-18,21H2,1-4H3,(H,33,34). The summed E-state index contributed by atoms with van der Waals surface area (Å²) in [6.45, 7) is 16.0. The highest BCUT2D eigenvalue weighted by atomic mass is 16.5. The Labute approximate surface area is 420 Å². The van der Waals surface area contributed by atoms with Crippen LogP contribution < -0.4 is 14.8 Å². The second kappa shape index (κ2) is 20.0. The first-order valence-electron chi connectivity index (χ1n) is 27.5. The summed E-state index contributed by atoms with van der Waals surface area (Å²) in [4.78, 5) is 26.6. The zero-order valence-corrected chi connectivity index (χ0v) is 44.2. The smallest absolute Gasteiger partial charge is 0.311 e. The minimum Gasteiger partial charge on any atom is -0.490 e. The van der Waals surface area contributed by atoms with Gasteiger partial charge in [-0.05, 0) is 227 Å². The van der Waals surface area contributed by atoms with E-state index in [4.69, 9.17) is 14.2 Å². The van der Waals surface area contributed by atoms with Crippen LogP contribution in [0.5, 0.6) is 11.5 Å². The van der Waals surface area contributed by atoms with Gasteiger partial charge in [-0.3, -0.25) is 14.5 Å². The normalized spacial score (nSPS) is 31.0. The summed E-state index contributed by atoms with van der Waals surface area (Å²) in [5.41, 5.74) is 3.12. The van der Waals surface area contributed by atoms with Gasteiger partial charge < -0.3 is 24.6 Å². The number of carbonyl (C=O) groups is 2. The van der Waals surface area contributed by atoms with Crippen LogP contribution in [0, 0.1) is 33.5 Å². The summed E-state index contributed by atoms with van der Waals surface area (Å²) in [5, 5.41) is 18.6. The average molecular weight is 955 g/mol. The predicted octanol–water partition coefficient (Wildman–Crippen LogP) is 14.6. The first-order chi connectivity index (χ1) is 33.3. The summed E-state index contributed by atoms with van der Waals surface area (Å²) < 4.78 is 17.9. The summed E-state index contributed by atoms with van der Waals surface area (Å²) in [6.07, 6.45) is 21.9. The molecular formula is C62H86N2O6. The van der Waals surface area contributed by atoms with E-state index in [2.05, 4.69) is 132 Å². The number of nitrogens with zero attached hydrogens (tertiary/aromatic N) is 1. The van der Waals surface area contributed by atoms with Crippen molar-refractivity contribution in [3.05, 3.63) is 83.9 Å². The molecule has 8 aliphatic rings. The van der Waals surface area contributed by atoms with Crippen molar-refractivity contribution in [3.8, 4) is 11.5 Å². The summed E-state index contributed by atoms with van der Waals surface area (Å²) in [6, 6.07) is 26.7. The molecule has 0 amide bonds. The maximum atomic E-state index is 12.3. The molecule has 0 saturated heterocycles. The molecule has 0 unspecified atom stereocenters. The lowest BCUT2D eigenvalue weighted by atomic mass is 9.57. The molecule has 12 rings (SSSR count). The van der Waals surface area contributed by atoms with E-state index in [-0.39, 0.29) is 22.5 Å². The molecular weight excluding hydrogens is 869 g/mol. The van der Waals surface area contributed by atoms with E-state index in [1.807, 2.05) is 0 Å². The Morgan fingerprint density at radius 1 is 0.571 bits per heavy atom. The fourth-order valence-corrected chi connectivity index (χ4v) is 14.1. The Hall–Kier alpha value is -4.14. The van der Waals surface area contributed by atoms with E-state index in [9.17, 15) is 14.7 Å². The molecule has 8 nitrogen and oxygen atoms in total. The molecule has 0 atom stereocenters. The van der Waals surface area contributed by atoms with Crippen LogP contribution in [0.2, 0.25) is 0 Å². The van der Waals surface area contributed by atoms with Gasteiger partial charge in [-0.25, -0.2) is 0 Å². The molecule has 2 N–H and O–H groups in total. The molecule has 380 valence electrons. The van der Waals surface area contributed by atoms with Crippen LogP contribution in [0.3, 0.4) is 0 Å². The van der Waals surface area contributed by atoms with Crippen molar-refractivity contribution in [2.24, 2.45) is 33.5 Å². The van der Waals surface area contributed by atoms with E-state index < -0.39 is 11.4 Å². The van der Waals surface area contributed by atoms with E-state index in [1.54, 1.807) is 0 Å². The molecule has 70 heavy (non-hydrogen) atoms. The van der Waals surface area contributed by atoms with Crippen LogP contribution in [-0.2, 0) is 27.4 Å². The van der Waals surface area contributed by atoms with Gasteiger partial charge in [-0.2, -0.15) is 0 Å². The van der Waals surface area contributed by atoms with Crippen LogP contribution in [0.25, 0.3) is 21.5 Å². The molecule has 4 aromatic carbocycles. The number of esters is 1. The van der Waals surface area contributed by atoms with Gasteiger partial charge in [0.05, 0.1) is 30.1 Å². The number of aliphatic carboxylic acids is 1. The van der Waals surface area contributed by atoms with E-state index >= 15 is 0 Å². The molecule has 0 heterocycles. The number of ether oxygens (including phenoxy) is 3. The molecule has 8 saturated carbocycles. The van der Waals surface area contributed by atoms with Gasteiger partial charge in [0.1, 0.15) is 11.5 Å². The Bertz CT molecular complexity index is 2430. The third kappa shape index (κ3) is 10.9. The fraction of sp³-hybridized carbons (Fsp3) is 0.645. The lowest BCUT2D eigenvalue weighted by Gasteiger charge is -2.55. The first-order valence-corrected chi connectivity index (χ1v) is 27.5. The number of rotatable bonds is 12. The van der Waals surface area contributed by atoms with Gasteiger partial charge in [0.15, 0.2) is 0 Å². The van der Waals surface area contributed by atoms with E-state index in [1.165, 1.54) is 65.5 Å². The number of hydrogen-bond acceptors (Lipinski definition) is 7. The largest absolute Gasteiger partial charge is 0.490 e. The SMILES string of the molecule is CN(Cc1ccc2cc(OC3CCC(C(C)(C)C)CC3)ccc2c1)C12CCC(C(=O)O)(CC1)CC2.COC(=O)C12CCC(NCc3ccc4cc(OC5CCC(C(C)(C)C)CC5)ccc4c3)(CC1)CC2. The zero-order valence-electron chi connectivity index (χ0n) is 44.2. The fourth-order valence-electron chi connectivity index (χ4n) is 14.1. The number of methoxy groups -OCH3 is 1. The Balaban J connectivity index is 0.000000174. The monoisotopic (exact) mass is 955 g/mol. The van der Waals surface area contributed by atoms with Crippen molar-refractivity contribution in [2.45, 2.75) is 206 Å². The lowest BCUT2D eigenvalue weighted by Crippen LogP contribution is -2.56. The van der Waals surface area contributed by atoms with Crippen molar-refractivity contribution < 1.29 is 28.9 Å². The van der Waals surface area contributed by atoms with Gasteiger partial charge in [-0.15, -0.1) is 0 Å². The summed E-state index contributed by atoms with van der Waals surface area (Å²) >= 11 is 0. The van der Waals surface area contributed by atoms with Gasteiger partial charge in [0, 0.05) is 24.2 Å². The molecule has 8 aliphatic carbocycles. The topological polar surface area (TPSA) is 97.3 Å². The van der Waals surface area contributed by atoms with E-state index in [0.29, 0.717) is 23.0 Å². The van der Waals surface area contributed by atoms with Crippen molar-refractivity contribution in [2.75, 3.05) is 14.2 Å². The number of nitrogens with one attached hydrogen (secondary N) is 1. The van der Waals surface area contributed by atoms with Crippen LogP contribution in [-0.4, -0.2) is 59.4 Å². The number of fused-ring (bicyclic) bond motifs is 8. The Morgan fingerprint density at radius 2 is 0.986 bits per heavy atom. The van der Waals surface area contributed by atoms with Crippen molar-refractivity contribution in [3.63, 3.8) is 0 Å². The maximum Gasteiger partial charge on any atom is 0.311 e. The predicted molar refractivity (Wildman–Crippen MR) is 283 cm³/mol. The first kappa shape index (κ1) is 50.8. The van der Waals surface area contributed by atoms with Crippen molar-refractivity contribution >= 4 is 33.5 Å². The lowest BCUT2D eigenvalue weighted by molar-refractivity contribution is -0.161. The summed E-state index contributed by atoms with van der Waals surface area (Å²) in [5.74, 6) is 3.03. The molecule has 0 spiro atoms. The number of hydrogen-bond donors (Lipinski definition) is 2. The van der Waals surface area contributed by atoms with Gasteiger partial charge in [0.25, 0.3) is 0 Å². The van der Waals surface area contributed by atoms with Gasteiger partial charge in [-0.1, -0.05) is 77.9 Å². The van der Waals surface area contributed by atoms with Crippen molar-refractivity contribution in [1.82, 2.24) is 10.2 Å². The quantitative estimate of drug-likeness (QED) is 0.136. The van der Waals surface area contributed by atoms with Crippen molar-refractivity contribution in [1.29, 1.82) is 0 Å². The molecule has 0 aromatic heterocycles. The minimum atomic E-state index is -0.580. The Morgan fingerprint density at radius 3 is 1.43 bits per heavy atom. The van der Waals surface area contributed by atoms with E-state index in [0.717, 1.165) is 139 Å². The molecule has 4 aromatic rings. The molecule has 4 bridgehead atoms. The minimum absolute atomic E-state index is 0.00117. The average Bonchev–Trinajstić information content (AvgIpc) is 3.36. The third-order valence-electron chi connectivity index (χ3n) is 19.6. The van der Waals surface area contributed by atoms with Crippen LogP contribution in [0.15, 0.2) is 72.8 Å². The summed E-state index contributed by atoms with van der Waals surface area (Å²) in [7, 11) is 3.76. The number of benzene rings is 4. The van der Waals surface area contributed by atoms with Gasteiger partial charge >= 0.3 is 11.9 Å². The van der Waals surface area contributed by atoms with Crippen LogP contribution in [0.4, 0.5) is 0 Å². The zero-order chi connectivity index (χ0) is 49.5. The molecule has 8 fully saturated rings. The Kier molecular flexibility index (Phi) is 14.5. The second-order valence-corrected chi connectivity index (χ2v) is 25.7. The third-order valence-corrected chi connectivity index (χ3v) is 19.6. The maximum absolute atomic E-state index is 12.3. The van der Waals surface area contributed by atoms with Crippen LogP contribution >= 0.6 is 0 Å². The second-order valence-electron chi connectivity index (χ2n) is 25.7. The highest BCUT2D eigenvalue weighted by molar-refractivity contribution is 5.85. The molecule has 8 heteroatoms. The number of carboxylic acid groups (broad SMARTS) is 1.